The highest BCUT2D eigenvalue weighted by Gasteiger charge is 2.33. The van der Waals surface area contributed by atoms with Gasteiger partial charge in [-0.05, 0) is 47.2 Å². The minimum absolute atomic E-state index is 0.114. The number of carbonyl (C=O) groups is 1. The summed E-state index contributed by atoms with van der Waals surface area (Å²) in [4.78, 5) is 14.2. The number of methoxy groups -OCH3 is 1. The number of sulfonamides is 1. The van der Waals surface area contributed by atoms with Gasteiger partial charge < -0.3 is 9.64 Å². The minimum atomic E-state index is -3.72. The third-order valence-corrected chi connectivity index (χ3v) is 6.38. The highest BCUT2D eigenvalue weighted by molar-refractivity contribution is 7.89. The molecule has 3 aromatic rings. The topological polar surface area (TPSA) is 75.7 Å². The van der Waals surface area contributed by atoms with Gasteiger partial charge in [-0.15, -0.1) is 0 Å². The summed E-state index contributed by atoms with van der Waals surface area (Å²) in [6.07, 6.45) is 0.124. The van der Waals surface area contributed by atoms with Gasteiger partial charge >= 0.3 is 0 Å². The molecule has 0 radical (unpaired) electrons. The lowest BCUT2D eigenvalue weighted by Gasteiger charge is -2.17. The van der Waals surface area contributed by atoms with E-state index in [9.17, 15) is 13.2 Å². The van der Waals surface area contributed by atoms with Crippen molar-refractivity contribution in [3.63, 3.8) is 0 Å². The second-order valence-electron chi connectivity index (χ2n) is 6.73. The van der Waals surface area contributed by atoms with E-state index in [2.05, 4.69) is 4.72 Å². The van der Waals surface area contributed by atoms with Crippen LogP contribution in [-0.4, -0.2) is 34.0 Å². The lowest BCUT2D eigenvalue weighted by atomic mass is 10.1. The molecule has 1 heterocycles. The molecule has 1 aliphatic rings. The Hall–Kier alpha value is -2.90. The third kappa shape index (κ3) is 3.58. The second kappa shape index (κ2) is 7.26. The molecule has 1 aliphatic heterocycles. The number of rotatable bonds is 5. The molecule has 0 unspecified atom stereocenters. The van der Waals surface area contributed by atoms with Crippen LogP contribution in [-0.2, 0) is 14.8 Å². The number of benzene rings is 3. The smallest absolute Gasteiger partial charge is 0.240 e. The van der Waals surface area contributed by atoms with Crippen LogP contribution in [0.25, 0.3) is 10.8 Å². The van der Waals surface area contributed by atoms with E-state index in [1.54, 1.807) is 54.5 Å². The van der Waals surface area contributed by atoms with Gasteiger partial charge in [0.05, 0.1) is 12.0 Å². The zero-order chi connectivity index (χ0) is 19.7. The number of amides is 1. The monoisotopic (exact) mass is 396 g/mol. The number of nitrogens with zero attached hydrogens (tertiary/aromatic N) is 1. The first-order chi connectivity index (χ1) is 13.5. The first kappa shape index (κ1) is 18.5. The van der Waals surface area contributed by atoms with E-state index >= 15 is 0 Å². The molecule has 1 atom stereocenters. The molecule has 1 saturated heterocycles. The Bertz CT molecular complexity index is 1130. The first-order valence-electron chi connectivity index (χ1n) is 8.92. The fourth-order valence-corrected chi connectivity index (χ4v) is 4.68. The van der Waals surface area contributed by atoms with Crippen molar-refractivity contribution in [2.75, 3.05) is 18.6 Å². The fraction of sp³-hybridized carbons (Fsp3) is 0.190. The molecule has 1 fully saturated rings. The summed E-state index contributed by atoms with van der Waals surface area (Å²) in [5.74, 6) is 0.584. The van der Waals surface area contributed by atoms with Crippen molar-refractivity contribution in [3.8, 4) is 5.75 Å². The van der Waals surface area contributed by atoms with Crippen LogP contribution in [0.5, 0.6) is 5.75 Å². The van der Waals surface area contributed by atoms with Crippen LogP contribution in [0.3, 0.4) is 0 Å². The Balaban J connectivity index is 1.52. The van der Waals surface area contributed by atoms with Gasteiger partial charge in [0.15, 0.2) is 0 Å². The number of hydrogen-bond donors (Lipinski definition) is 1. The SMILES string of the molecule is COc1ccc(N2C[C@H](NS(=O)(=O)c3ccc4ccccc4c3)CC2=O)cc1. The Labute approximate surface area is 163 Å². The number of fused-ring (bicyclic) bond motifs is 1. The van der Waals surface area contributed by atoms with Crippen LogP contribution < -0.4 is 14.4 Å². The van der Waals surface area contributed by atoms with Crippen molar-refractivity contribution in [1.82, 2.24) is 4.72 Å². The molecular formula is C21H20N2O4S. The van der Waals surface area contributed by atoms with E-state index in [-0.39, 0.29) is 23.8 Å². The predicted octanol–water partition coefficient (Wildman–Crippen LogP) is 2.93. The number of ether oxygens (including phenoxy) is 1. The molecule has 28 heavy (non-hydrogen) atoms. The van der Waals surface area contributed by atoms with Crippen LogP contribution in [0.4, 0.5) is 5.69 Å². The average molecular weight is 396 g/mol. The molecule has 7 heteroatoms. The van der Waals surface area contributed by atoms with E-state index in [0.717, 1.165) is 16.5 Å². The van der Waals surface area contributed by atoms with Crippen LogP contribution >= 0.6 is 0 Å². The third-order valence-electron chi connectivity index (χ3n) is 4.86. The summed E-state index contributed by atoms with van der Waals surface area (Å²) < 4.78 is 33.4. The Morgan fingerprint density at radius 1 is 1.00 bits per heavy atom. The number of anilines is 1. The molecule has 6 nitrogen and oxygen atoms in total. The minimum Gasteiger partial charge on any atom is -0.497 e. The van der Waals surface area contributed by atoms with Crippen molar-refractivity contribution in [2.24, 2.45) is 0 Å². The molecule has 0 aliphatic carbocycles. The fourth-order valence-electron chi connectivity index (χ4n) is 3.42. The Morgan fingerprint density at radius 3 is 2.43 bits per heavy atom. The molecule has 0 bridgehead atoms. The Morgan fingerprint density at radius 2 is 1.71 bits per heavy atom. The summed E-state index contributed by atoms with van der Waals surface area (Å²) in [6.45, 7) is 0.290. The van der Waals surface area contributed by atoms with E-state index in [1.807, 2.05) is 24.3 Å². The van der Waals surface area contributed by atoms with Crippen LogP contribution in [0.1, 0.15) is 6.42 Å². The van der Waals surface area contributed by atoms with Gasteiger partial charge in [-0.1, -0.05) is 30.3 Å². The zero-order valence-electron chi connectivity index (χ0n) is 15.3. The molecule has 3 aromatic carbocycles. The van der Waals surface area contributed by atoms with E-state index in [0.29, 0.717) is 5.75 Å². The van der Waals surface area contributed by atoms with Crippen LogP contribution in [0, 0.1) is 0 Å². The summed E-state index contributed by atoms with van der Waals surface area (Å²) in [5, 5.41) is 1.83. The summed E-state index contributed by atoms with van der Waals surface area (Å²) >= 11 is 0. The quantitative estimate of drug-likeness (QED) is 0.720. The normalized spacial score (nSPS) is 17.2. The highest BCUT2D eigenvalue weighted by Crippen LogP contribution is 2.25. The molecule has 0 spiro atoms. The Kier molecular flexibility index (Phi) is 4.78. The zero-order valence-corrected chi connectivity index (χ0v) is 16.1. The molecule has 1 N–H and O–H groups in total. The molecule has 0 aromatic heterocycles. The molecule has 1 amide bonds. The van der Waals surface area contributed by atoms with E-state index < -0.39 is 16.1 Å². The van der Waals surface area contributed by atoms with Gasteiger partial charge in [-0.2, -0.15) is 0 Å². The summed E-state index contributed by atoms with van der Waals surface area (Å²) in [7, 11) is -2.15. The van der Waals surface area contributed by atoms with Gasteiger partial charge in [0, 0.05) is 24.7 Å². The second-order valence-corrected chi connectivity index (χ2v) is 8.45. The number of nitrogens with one attached hydrogen (secondary N) is 1. The maximum absolute atomic E-state index is 12.8. The maximum atomic E-state index is 12.8. The molecule has 4 rings (SSSR count). The van der Waals surface area contributed by atoms with Crippen molar-refractivity contribution in [2.45, 2.75) is 17.4 Å². The van der Waals surface area contributed by atoms with Crippen LogP contribution in [0.2, 0.25) is 0 Å². The van der Waals surface area contributed by atoms with Gasteiger partial charge in [0.25, 0.3) is 0 Å². The number of carbonyl (C=O) groups excluding carboxylic acids is 1. The van der Waals surface area contributed by atoms with E-state index in [4.69, 9.17) is 4.74 Å². The molecule has 144 valence electrons. The van der Waals surface area contributed by atoms with Crippen molar-refractivity contribution < 1.29 is 17.9 Å². The van der Waals surface area contributed by atoms with Gasteiger partial charge in [-0.25, -0.2) is 13.1 Å². The first-order valence-corrected chi connectivity index (χ1v) is 10.4. The largest absolute Gasteiger partial charge is 0.497 e. The summed E-state index contributed by atoms with van der Waals surface area (Å²) in [6, 6.07) is 19.2. The highest BCUT2D eigenvalue weighted by atomic mass is 32.2. The van der Waals surface area contributed by atoms with Crippen LogP contribution in [0.15, 0.2) is 71.6 Å². The maximum Gasteiger partial charge on any atom is 0.240 e. The lowest BCUT2D eigenvalue weighted by molar-refractivity contribution is -0.117. The standard InChI is InChI=1S/C21H20N2O4S/c1-27-19-9-7-18(8-10-19)23-14-17(13-21(23)24)22-28(25,26)20-11-6-15-4-2-3-5-16(15)12-20/h2-12,17,22H,13-14H2,1H3/t17-/m1/s1. The molecule has 0 saturated carbocycles. The predicted molar refractivity (Wildman–Crippen MR) is 108 cm³/mol. The van der Waals surface area contributed by atoms with E-state index in [1.165, 1.54) is 0 Å². The van der Waals surface area contributed by atoms with Gasteiger partial charge in [0.1, 0.15) is 5.75 Å². The number of hydrogen-bond acceptors (Lipinski definition) is 4. The average Bonchev–Trinajstić information content (AvgIpc) is 3.07. The van der Waals surface area contributed by atoms with Crippen molar-refractivity contribution in [1.29, 1.82) is 0 Å². The molecular weight excluding hydrogens is 376 g/mol. The van der Waals surface area contributed by atoms with Gasteiger partial charge in [0.2, 0.25) is 15.9 Å². The lowest BCUT2D eigenvalue weighted by Crippen LogP contribution is -2.37. The van der Waals surface area contributed by atoms with Crippen molar-refractivity contribution >= 4 is 32.4 Å². The van der Waals surface area contributed by atoms with Gasteiger partial charge in [-0.3, -0.25) is 4.79 Å². The van der Waals surface area contributed by atoms with Crippen molar-refractivity contribution in [3.05, 3.63) is 66.7 Å². The summed E-state index contributed by atoms with van der Waals surface area (Å²) in [5.41, 5.74) is 0.721.